The molecule has 0 saturated carbocycles. The Bertz CT molecular complexity index is 1200. The number of benzene rings is 2. The molecule has 5 rings (SSSR count). The van der Waals surface area contributed by atoms with E-state index in [9.17, 15) is 22.4 Å². The van der Waals surface area contributed by atoms with E-state index in [1.54, 1.807) is 0 Å². The lowest BCUT2D eigenvalue weighted by Gasteiger charge is -2.34. The molecule has 11 heteroatoms. The second-order valence-corrected chi connectivity index (χ2v) is 8.28. The minimum Gasteiger partial charge on any atom is -0.493 e. The first-order chi connectivity index (χ1) is 16.3. The highest BCUT2D eigenvalue weighted by molar-refractivity contribution is 5.93. The standard InChI is InChI=1S/C23H21F4N5O2/c24-17-2-4-18(5-3-17)32-21(23(25,26)27)20(28-29-32)22(33)31-10-8-30(9-11-31)14-15-1-6-19-16(13-15)7-12-34-19/h1-6,13H,7-12,14H2. The number of hydrogen-bond acceptors (Lipinski definition) is 5. The second kappa shape index (κ2) is 8.71. The fourth-order valence-corrected chi connectivity index (χ4v) is 4.30. The van der Waals surface area contributed by atoms with Gasteiger partial charge in [-0.05, 0) is 41.5 Å². The van der Waals surface area contributed by atoms with Gasteiger partial charge in [0.15, 0.2) is 11.4 Å². The Morgan fingerprint density at radius 2 is 1.76 bits per heavy atom. The summed E-state index contributed by atoms with van der Waals surface area (Å²) in [6.45, 7) is 2.95. The van der Waals surface area contributed by atoms with E-state index in [1.807, 2.05) is 12.1 Å². The number of aromatic nitrogens is 3. The van der Waals surface area contributed by atoms with Crippen LogP contribution in [0.15, 0.2) is 42.5 Å². The van der Waals surface area contributed by atoms with E-state index in [4.69, 9.17) is 4.74 Å². The number of hydrogen-bond donors (Lipinski definition) is 0. The Labute approximate surface area is 192 Å². The molecule has 178 valence electrons. The zero-order valence-electron chi connectivity index (χ0n) is 18.1. The van der Waals surface area contributed by atoms with E-state index in [0.29, 0.717) is 30.9 Å². The van der Waals surface area contributed by atoms with Crippen LogP contribution >= 0.6 is 0 Å². The molecule has 7 nitrogen and oxygen atoms in total. The van der Waals surface area contributed by atoms with E-state index < -0.39 is 29.3 Å². The Morgan fingerprint density at radius 1 is 1.03 bits per heavy atom. The van der Waals surface area contributed by atoms with Gasteiger partial charge in [0.25, 0.3) is 5.91 Å². The molecule has 3 aromatic rings. The monoisotopic (exact) mass is 475 g/mol. The van der Waals surface area contributed by atoms with Crippen molar-refractivity contribution in [1.29, 1.82) is 0 Å². The molecule has 1 saturated heterocycles. The number of halogens is 4. The average Bonchev–Trinajstić information content (AvgIpc) is 3.46. The Hall–Kier alpha value is -3.47. The van der Waals surface area contributed by atoms with Crippen molar-refractivity contribution >= 4 is 5.91 Å². The number of ether oxygens (including phenoxy) is 1. The largest absolute Gasteiger partial charge is 0.493 e. The molecular formula is C23H21F4N5O2. The maximum Gasteiger partial charge on any atom is 0.435 e. The van der Waals surface area contributed by atoms with Gasteiger partial charge in [0.2, 0.25) is 0 Å². The molecule has 1 amide bonds. The maximum atomic E-state index is 13.9. The van der Waals surface area contributed by atoms with Crippen molar-refractivity contribution in [3.8, 4) is 11.4 Å². The minimum absolute atomic E-state index is 0.0372. The quantitative estimate of drug-likeness (QED) is 0.542. The average molecular weight is 475 g/mol. The summed E-state index contributed by atoms with van der Waals surface area (Å²) in [6, 6.07) is 10.4. The summed E-state index contributed by atoms with van der Waals surface area (Å²) in [6.07, 6.45) is -3.99. The molecular weight excluding hydrogens is 454 g/mol. The van der Waals surface area contributed by atoms with Gasteiger partial charge in [-0.25, -0.2) is 9.07 Å². The van der Waals surface area contributed by atoms with Gasteiger partial charge in [-0.1, -0.05) is 17.3 Å². The number of carbonyl (C=O) groups excluding carboxylic acids is 1. The summed E-state index contributed by atoms with van der Waals surface area (Å²) >= 11 is 0. The first kappa shape index (κ1) is 22.3. The Kier molecular flexibility index (Phi) is 5.72. The highest BCUT2D eigenvalue weighted by Crippen LogP contribution is 2.33. The van der Waals surface area contributed by atoms with Gasteiger partial charge in [0, 0.05) is 39.1 Å². The molecule has 2 aliphatic rings. The van der Waals surface area contributed by atoms with Crippen molar-refractivity contribution in [3.63, 3.8) is 0 Å². The number of nitrogens with zero attached hydrogens (tertiary/aromatic N) is 5. The van der Waals surface area contributed by atoms with E-state index in [0.717, 1.165) is 42.0 Å². The van der Waals surface area contributed by atoms with Gasteiger partial charge in [0.05, 0.1) is 12.3 Å². The van der Waals surface area contributed by atoms with Crippen LogP contribution in [-0.4, -0.2) is 63.5 Å². The van der Waals surface area contributed by atoms with Crippen LogP contribution in [0.4, 0.5) is 17.6 Å². The van der Waals surface area contributed by atoms with E-state index in [2.05, 4.69) is 21.3 Å². The van der Waals surface area contributed by atoms with Gasteiger partial charge in [0.1, 0.15) is 11.6 Å². The molecule has 3 heterocycles. The molecule has 0 unspecified atom stereocenters. The van der Waals surface area contributed by atoms with Crippen LogP contribution in [0.2, 0.25) is 0 Å². The van der Waals surface area contributed by atoms with Gasteiger partial charge in [-0.3, -0.25) is 9.69 Å². The van der Waals surface area contributed by atoms with Crippen LogP contribution in [0.25, 0.3) is 5.69 Å². The molecule has 2 aliphatic heterocycles. The molecule has 1 fully saturated rings. The highest BCUT2D eigenvalue weighted by Gasteiger charge is 2.43. The third-order valence-corrected chi connectivity index (χ3v) is 6.03. The number of rotatable bonds is 4. The number of carbonyl (C=O) groups is 1. The molecule has 0 N–H and O–H groups in total. The number of alkyl halides is 3. The van der Waals surface area contributed by atoms with Crippen LogP contribution in [0, 0.1) is 5.82 Å². The molecule has 0 spiro atoms. The number of amides is 1. The van der Waals surface area contributed by atoms with Crippen molar-refractivity contribution in [1.82, 2.24) is 24.8 Å². The molecule has 1 aromatic heterocycles. The van der Waals surface area contributed by atoms with E-state index >= 15 is 0 Å². The summed E-state index contributed by atoms with van der Waals surface area (Å²) in [4.78, 5) is 16.5. The SMILES string of the molecule is O=C(c1nnn(-c2ccc(F)cc2)c1C(F)(F)F)N1CCN(Cc2ccc3c(c2)CCO3)CC1. The van der Waals surface area contributed by atoms with Gasteiger partial charge in [-0.2, -0.15) is 13.2 Å². The zero-order valence-corrected chi connectivity index (χ0v) is 18.1. The van der Waals surface area contributed by atoms with Crippen molar-refractivity contribution in [2.45, 2.75) is 19.1 Å². The van der Waals surface area contributed by atoms with Crippen molar-refractivity contribution in [2.24, 2.45) is 0 Å². The topological polar surface area (TPSA) is 63.5 Å². The van der Waals surface area contributed by atoms with Crippen LogP contribution in [0.1, 0.15) is 27.3 Å². The Morgan fingerprint density at radius 3 is 2.47 bits per heavy atom. The van der Waals surface area contributed by atoms with Gasteiger partial charge < -0.3 is 9.64 Å². The molecule has 0 bridgehead atoms. The lowest BCUT2D eigenvalue weighted by molar-refractivity contribution is -0.143. The molecule has 34 heavy (non-hydrogen) atoms. The van der Waals surface area contributed by atoms with E-state index in [-0.39, 0.29) is 18.8 Å². The maximum absolute atomic E-state index is 13.9. The van der Waals surface area contributed by atoms with Gasteiger partial charge >= 0.3 is 6.18 Å². The molecule has 0 radical (unpaired) electrons. The summed E-state index contributed by atoms with van der Waals surface area (Å²) in [5.74, 6) is -0.511. The van der Waals surface area contributed by atoms with Crippen molar-refractivity contribution in [2.75, 3.05) is 32.8 Å². The fourth-order valence-electron chi connectivity index (χ4n) is 4.30. The Balaban J connectivity index is 1.29. The lowest BCUT2D eigenvalue weighted by atomic mass is 10.1. The highest BCUT2D eigenvalue weighted by atomic mass is 19.4. The zero-order chi connectivity index (χ0) is 23.9. The fraction of sp³-hybridized carbons (Fsp3) is 0.348. The second-order valence-electron chi connectivity index (χ2n) is 8.28. The molecule has 0 atom stereocenters. The predicted octanol–water partition coefficient (Wildman–Crippen LogP) is 3.32. The lowest BCUT2D eigenvalue weighted by Crippen LogP contribution is -2.48. The third-order valence-electron chi connectivity index (χ3n) is 6.03. The summed E-state index contributed by atoms with van der Waals surface area (Å²) in [7, 11) is 0. The summed E-state index contributed by atoms with van der Waals surface area (Å²) in [5.41, 5.74) is 0.237. The number of fused-ring (bicyclic) bond motifs is 1. The first-order valence-corrected chi connectivity index (χ1v) is 10.8. The molecule has 2 aromatic carbocycles. The normalized spacial score (nSPS) is 16.4. The van der Waals surface area contributed by atoms with Crippen molar-refractivity contribution < 1.29 is 27.1 Å². The third kappa shape index (κ3) is 4.35. The number of piperazine rings is 1. The first-order valence-electron chi connectivity index (χ1n) is 10.8. The summed E-state index contributed by atoms with van der Waals surface area (Å²) in [5, 5.41) is 7.11. The predicted molar refractivity (Wildman–Crippen MR) is 113 cm³/mol. The van der Waals surface area contributed by atoms with E-state index in [1.165, 1.54) is 10.5 Å². The van der Waals surface area contributed by atoms with Gasteiger partial charge in [-0.15, -0.1) is 5.10 Å². The summed E-state index contributed by atoms with van der Waals surface area (Å²) < 4.78 is 60.9. The minimum atomic E-state index is -4.87. The van der Waals surface area contributed by atoms with Crippen LogP contribution < -0.4 is 4.74 Å². The van der Waals surface area contributed by atoms with Crippen molar-refractivity contribution in [3.05, 3.63) is 70.8 Å². The molecule has 0 aliphatic carbocycles. The van der Waals surface area contributed by atoms with Crippen LogP contribution in [0.5, 0.6) is 5.75 Å². The smallest absolute Gasteiger partial charge is 0.435 e. The van der Waals surface area contributed by atoms with Crippen LogP contribution in [-0.2, 0) is 19.1 Å². The van der Waals surface area contributed by atoms with Crippen LogP contribution in [0.3, 0.4) is 0 Å².